The first-order chi connectivity index (χ1) is 15.2. The summed E-state index contributed by atoms with van der Waals surface area (Å²) in [4.78, 5) is 16.9. The Morgan fingerprint density at radius 1 is 1.19 bits per heavy atom. The van der Waals surface area contributed by atoms with Crippen LogP contribution in [-0.4, -0.2) is 27.2 Å². The number of fused-ring (bicyclic) bond motifs is 5. The lowest BCUT2D eigenvalue weighted by atomic mass is 9.88. The second kappa shape index (κ2) is 10.7. The largest absolute Gasteiger partial charge is 0.465 e. The Kier molecular flexibility index (Phi) is 7.94. The molecular formula is C26H37N3O2. The number of esters is 1. The van der Waals surface area contributed by atoms with Gasteiger partial charge in [0.25, 0.3) is 0 Å². The van der Waals surface area contributed by atoms with Crippen LogP contribution in [0.5, 0.6) is 0 Å². The molecule has 1 aliphatic rings. The van der Waals surface area contributed by atoms with E-state index >= 15 is 0 Å². The van der Waals surface area contributed by atoms with Gasteiger partial charge in [-0.3, -0.25) is 0 Å². The predicted octanol–water partition coefficient (Wildman–Crippen LogP) is 6.80. The highest BCUT2D eigenvalue weighted by molar-refractivity contribution is 5.98. The Morgan fingerprint density at radius 3 is 2.71 bits per heavy atom. The van der Waals surface area contributed by atoms with Gasteiger partial charge in [0.15, 0.2) is 5.82 Å². The Hall–Kier alpha value is -2.56. The zero-order chi connectivity index (χ0) is 22.4. The molecule has 168 valence electrons. The van der Waals surface area contributed by atoms with Crippen LogP contribution in [0.25, 0.3) is 22.4 Å². The average Bonchev–Trinajstić information content (AvgIpc) is 3.35. The first kappa shape index (κ1) is 23.1. The first-order valence-corrected chi connectivity index (χ1v) is 12.0. The lowest BCUT2D eigenvalue weighted by Crippen LogP contribution is -2.04. The minimum absolute atomic E-state index is 0.283. The molecule has 0 spiro atoms. The maximum atomic E-state index is 12.2. The third-order valence-electron chi connectivity index (χ3n) is 6.29. The van der Waals surface area contributed by atoms with Crippen LogP contribution in [0.3, 0.4) is 0 Å². The molecule has 0 aliphatic carbocycles. The summed E-state index contributed by atoms with van der Waals surface area (Å²) in [6, 6.07) is 6.03. The average molecular weight is 424 g/mol. The maximum absolute atomic E-state index is 12.2. The van der Waals surface area contributed by atoms with Gasteiger partial charge >= 0.3 is 5.97 Å². The highest BCUT2D eigenvalue weighted by Crippen LogP contribution is 2.42. The van der Waals surface area contributed by atoms with Crippen LogP contribution in [0.15, 0.2) is 30.6 Å². The minimum atomic E-state index is -0.283. The number of carbonyl (C=O) groups excluding carboxylic acids is 1. The predicted molar refractivity (Wildman–Crippen MR) is 128 cm³/mol. The van der Waals surface area contributed by atoms with Gasteiger partial charge in [-0.15, -0.1) is 0 Å². The summed E-state index contributed by atoms with van der Waals surface area (Å²) in [5.74, 6) is 1.27. The zero-order valence-electron chi connectivity index (χ0n) is 19.8. The van der Waals surface area contributed by atoms with Gasteiger partial charge in [0.1, 0.15) is 0 Å². The van der Waals surface area contributed by atoms with Gasteiger partial charge in [-0.1, -0.05) is 53.0 Å². The fourth-order valence-corrected chi connectivity index (χ4v) is 4.81. The molecule has 1 unspecified atom stereocenters. The van der Waals surface area contributed by atoms with Gasteiger partial charge in [-0.2, -0.15) is 0 Å². The van der Waals surface area contributed by atoms with Crippen molar-refractivity contribution in [2.75, 3.05) is 7.11 Å². The Balaban J connectivity index is 0.00000132. The number of aromatic nitrogens is 3. The van der Waals surface area contributed by atoms with Crippen molar-refractivity contribution in [3.05, 3.63) is 41.7 Å². The molecule has 0 saturated carbocycles. The van der Waals surface area contributed by atoms with Crippen LogP contribution in [-0.2, 0) is 17.8 Å². The summed E-state index contributed by atoms with van der Waals surface area (Å²) < 4.78 is 9.65. The monoisotopic (exact) mass is 423 g/mol. The quantitative estimate of drug-likeness (QED) is 0.310. The van der Waals surface area contributed by atoms with Crippen molar-refractivity contribution in [1.82, 2.24) is 14.1 Å². The molecule has 3 heterocycles. The molecule has 3 aromatic rings. The summed E-state index contributed by atoms with van der Waals surface area (Å²) >= 11 is 0. The molecule has 5 heteroatoms. The second-order valence-electron chi connectivity index (χ2n) is 8.04. The van der Waals surface area contributed by atoms with Crippen LogP contribution < -0.4 is 0 Å². The second-order valence-corrected chi connectivity index (χ2v) is 8.04. The fourth-order valence-electron chi connectivity index (χ4n) is 4.81. The van der Waals surface area contributed by atoms with Crippen LogP contribution in [0.4, 0.5) is 0 Å². The number of hydrogen-bond donors (Lipinski definition) is 0. The highest BCUT2D eigenvalue weighted by Gasteiger charge is 2.28. The number of aryl methyl sites for hydroxylation is 2. The molecule has 1 aliphatic heterocycles. The number of imidazole rings is 1. The number of methoxy groups -OCH3 is 1. The lowest BCUT2D eigenvalue weighted by molar-refractivity contribution is 0.0601. The van der Waals surface area contributed by atoms with Gasteiger partial charge in [-0.25, -0.2) is 9.78 Å². The van der Waals surface area contributed by atoms with Crippen LogP contribution in [0.2, 0.25) is 0 Å². The summed E-state index contributed by atoms with van der Waals surface area (Å²) in [5.41, 5.74) is 4.39. The van der Waals surface area contributed by atoms with E-state index in [1.807, 2.05) is 32.2 Å². The van der Waals surface area contributed by atoms with E-state index in [1.165, 1.54) is 49.4 Å². The summed E-state index contributed by atoms with van der Waals surface area (Å²) in [6.45, 7) is 10.5. The summed E-state index contributed by atoms with van der Waals surface area (Å²) in [7, 11) is 1.44. The van der Waals surface area contributed by atoms with Crippen molar-refractivity contribution in [2.24, 2.45) is 0 Å². The van der Waals surface area contributed by atoms with E-state index in [2.05, 4.69) is 35.2 Å². The summed E-state index contributed by atoms with van der Waals surface area (Å²) in [6.07, 6.45) is 11.1. The molecule has 0 fully saturated rings. The van der Waals surface area contributed by atoms with Crippen LogP contribution >= 0.6 is 0 Å². The number of ether oxygens (including phenoxy) is 1. The Labute approximate surface area is 186 Å². The van der Waals surface area contributed by atoms with E-state index in [0.717, 1.165) is 37.3 Å². The van der Waals surface area contributed by atoms with E-state index in [4.69, 9.17) is 9.72 Å². The zero-order valence-corrected chi connectivity index (χ0v) is 19.8. The molecule has 0 N–H and O–H groups in total. The number of hydrogen-bond acceptors (Lipinski definition) is 3. The molecule has 0 saturated heterocycles. The van der Waals surface area contributed by atoms with E-state index in [-0.39, 0.29) is 5.97 Å². The van der Waals surface area contributed by atoms with Crippen molar-refractivity contribution >= 4 is 16.9 Å². The number of rotatable bonds is 7. The van der Waals surface area contributed by atoms with E-state index in [9.17, 15) is 4.79 Å². The molecule has 31 heavy (non-hydrogen) atoms. The topological polar surface area (TPSA) is 49.0 Å². The first-order valence-electron chi connectivity index (χ1n) is 12.0. The van der Waals surface area contributed by atoms with Gasteiger partial charge in [0.2, 0.25) is 0 Å². The van der Waals surface area contributed by atoms with Crippen molar-refractivity contribution in [3.8, 4) is 11.5 Å². The maximum Gasteiger partial charge on any atom is 0.337 e. The molecular weight excluding hydrogens is 386 g/mol. The number of unbranched alkanes of at least 4 members (excludes halogenated alkanes) is 2. The van der Waals surface area contributed by atoms with Gasteiger partial charge in [0.05, 0.1) is 18.4 Å². The molecule has 5 nitrogen and oxygen atoms in total. The van der Waals surface area contributed by atoms with E-state index in [0.29, 0.717) is 11.5 Å². The SMILES string of the molecule is CC.CCCCCC(CC)c1c2n(c3cc(C(=O)OC)ccc13)CCCn1ccnc1-2. The van der Waals surface area contributed by atoms with Gasteiger partial charge < -0.3 is 13.9 Å². The Morgan fingerprint density at radius 2 is 2.00 bits per heavy atom. The van der Waals surface area contributed by atoms with Crippen molar-refractivity contribution in [2.45, 2.75) is 85.2 Å². The van der Waals surface area contributed by atoms with Crippen molar-refractivity contribution in [3.63, 3.8) is 0 Å². The third-order valence-corrected chi connectivity index (χ3v) is 6.29. The normalized spacial score (nSPS) is 13.6. The molecule has 1 atom stereocenters. The molecule has 4 rings (SSSR count). The number of nitrogens with zero attached hydrogens (tertiary/aromatic N) is 3. The number of benzene rings is 1. The molecule has 0 radical (unpaired) electrons. The molecule has 2 aromatic heterocycles. The minimum Gasteiger partial charge on any atom is -0.465 e. The smallest absolute Gasteiger partial charge is 0.337 e. The molecule has 0 bridgehead atoms. The molecule has 0 amide bonds. The van der Waals surface area contributed by atoms with E-state index in [1.54, 1.807) is 0 Å². The summed E-state index contributed by atoms with van der Waals surface area (Å²) in [5, 5.41) is 1.26. The van der Waals surface area contributed by atoms with Gasteiger partial charge in [0, 0.05) is 36.4 Å². The molecule has 1 aromatic carbocycles. The van der Waals surface area contributed by atoms with Gasteiger partial charge in [-0.05, 0) is 42.9 Å². The fraction of sp³-hybridized carbons (Fsp3) is 0.538. The van der Waals surface area contributed by atoms with Crippen molar-refractivity contribution in [1.29, 1.82) is 0 Å². The van der Waals surface area contributed by atoms with Crippen LogP contribution in [0.1, 0.15) is 88.1 Å². The number of carbonyl (C=O) groups is 1. The van der Waals surface area contributed by atoms with E-state index < -0.39 is 0 Å². The van der Waals surface area contributed by atoms with Crippen LogP contribution in [0, 0.1) is 0 Å². The van der Waals surface area contributed by atoms with Crippen molar-refractivity contribution < 1.29 is 9.53 Å². The lowest BCUT2D eigenvalue weighted by Gasteiger charge is -2.17. The Bertz CT molecular complexity index is 1020. The highest BCUT2D eigenvalue weighted by atomic mass is 16.5. The standard InChI is InChI=1S/C24H31N3O2.C2H6/c1-4-6-7-9-17(5-2)21-19-11-10-18(24(28)29-3)16-20(19)27-14-8-13-26-15-12-25-23(26)22(21)27;1-2/h10-12,15-17H,4-9,13-14H2,1-3H3;1-2H3. The third kappa shape index (κ3) is 4.41.